The SMILES string of the molecule is CO[C@@H]1[C@H](COP(=O)(O)OP(=O)(O)OP(=O)(O)OC[C@H]2O[C@@H](n3cnc4c(=O)[nH]c(N)nc43)[C@@H](O)C2O)OCC1(O)N1CN(C)C2=C1NC(N)=NC2O. The number of methoxy groups -OCH3 is 1. The van der Waals surface area contributed by atoms with E-state index in [1.54, 1.807) is 11.9 Å². The van der Waals surface area contributed by atoms with Crippen molar-refractivity contribution in [3.63, 3.8) is 0 Å². The Morgan fingerprint density at radius 3 is 2.32 bits per heavy atom. The number of hydrogen-bond acceptors (Lipinski definition) is 23. The molecule has 0 spiro atoms. The van der Waals surface area contributed by atoms with Crippen molar-refractivity contribution in [2.24, 2.45) is 10.7 Å². The standard InChI is InChI=1S/C22H35N10O18P3/c1-30-7-32(16-11(30)18(36)29-21(24)27-16)22(37)5-45-9(14(22)44-2)4-47-52(40,41)50-53(42,43)49-51(38,39)46-3-8-12(33)13(34)19(48-8)31-6-25-10-15(31)26-20(23)28-17(10)35/h6,8-9,12-14,18-19,33-34,36-37H,3-5,7H2,1-2H3,(H,38,39)(H,40,41)(H,42,43)(H3,24,27,29)(H3,23,26,28,35)/t8-,9+,12?,13+,14-,18?,19-,22?/m1/s1. The van der Waals surface area contributed by atoms with E-state index in [0.29, 0.717) is 0 Å². The lowest BCUT2D eigenvalue weighted by molar-refractivity contribution is -0.160. The molecule has 31 heteroatoms. The van der Waals surface area contributed by atoms with Crippen LogP contribution in [-0.4, -0.2) is 154 Å². The molecule has 11 atom stereocenters. The highest BCUT2D eigenvalue weighted by Gasteiger charge is 2.57. The summed E-state index contributed by atoms with van der Waals surface area (Å²) in [6, 6.07) is 0. The van der Waals surface area contributed by atoms with Gasteiger partial charge >= 0.3 is 23.5 Å². The van der Waals surface area contributed by atoms with Gasteiger partial charge < -0.3 is 75.9 Å². The molecule has 4 aliphatic rings. The number of hydrogen-bond donors (Lipinski definition) is 11. The Labute approximate surface area is 295 Å². The highest BCUT2D eigenvalue weighted by atomic mass is 31.3. The highest BCUT2D eigenvalue weighted by Crippen LogP contribution is 2.68. The molecule has 4 aliphatic heterocycles. The number of aliphatic imine (C=N–C) groups is 1. The van der Waals surface area contributed by atoms with E-state index in [1.165, 1.54) is 12.0 Å². The second-order valence-corrected chi connectivity index (χ2v) is 16.5. The van der Waals surface area contributed by atoms with E-state index >= 15 is 0 Å². The van der Waals surface area contributed by atoms with Gasteiger partial charge in [0, 0.05) is 14.2 Å². The Morgan fingerprint density at radius 1 is 1.04 bits per heavy atom. The van der Waals surface area contributed by atoms with Crippen LogP contribution >= 0.6 is 23.5 Å². The Morgan fingerprint density at radius 2 is 1.68 bits per heavy atom. The van der Waals surface area contributed by atoms with Crippen LogP contribution in [0.15, 0.2) is 27.6 Å². The van der Waals surface area contributed by atoms with Gasteiger partial charge in [-0.3, -0.25) is 23.4 Å². The third-order valence-electron chi connectivity index (χ3n) is 8.33. The van der Waals surface area contributed by atoms with E-state index in [2.05, 4.69) is 38.4 Å². The maximum atomic E-state index is 12.6. The van der Waals surface area contributed by atoms with Crippen molar-refractivity contribution in [3.05, 3.63) is 28.2 Å². The molecule has 6 rings (SSSR count). The fourth-order valence-electron chi connectivity index (χ4n) is 6.08. The first-order valence-corrected chi connectivity index (χ1v) is 19.5. The van der Waals surface area contributed by atoms with Crippen molar-refractivity contribution in [3.8, 4) is 0 Å². The van der Waals surface area contributed by atoms with Gasteiger partial charge in [-0.2, -0.15) is 13.6 Å². The molecule has 6 heterocycles. The zero-order valence-electron chi connectivity index (χ0n) is 27.2. The number of likely N-dealkylation sites (N-methyl/N-ethyl adjacent to an activating group) is 1. The Hall–Kier alpha value is -3.11. The summed E-state index contributed by atoms with van der Waals surface area (Å²) in [6.45, 7) is -2.49. The molecule has 28 nitrogen and oxygen atoms in total. The zero-order chi connectivity index (χ0) is 38.8. The van der Waals surface area contributed by atoms with Crippen LogP contribution in [0.5, 0.6) is 0 Å². The molecular formula is C22H35N10O18P3. The van der Waals surface area contributed by atoms with Crippen LogP contribution < -0.4 is 22.3 Å². The first-order valence-electron chi connectivity index (χ1n) is 15.0. The number of imidazole rings is 1. The number of nitrogen functional groups attached to an aromatic ring is 1. The predicted molar refractivity (Wildman–Crippen MR) is 170 cm³/mol. The Kier molecular flexibility index (Phi) is 10.6. The fraction of sp³-hybridized carbons (Fsp3) is 0.636. The summed E-state index contributed by atoms with van der Waals surface area (Å²) in [4.78, 5) is 59.0. The molecule has 0 aromatic carbocycles. The topological polar surface area (TPSA) is 404 Å². The third-order valence-corrected chi connectivity index (χ3v) is 12.6. The van der Waals surface area contributed by atoms with E-state index in [-0.39, 0.29) is 41.3 Å². The lowest BCUT2D eigenvalue weighted by Crippen LogP contribution is -2.60. The molecule has 2 saturated heterocycles. The number of phosphoric acid groups is 3. The summed E-state index contributed by atoms with van der Waals surface area (Å²) in [7, 11) is -14.5. The second kappa shape index (κ2) is 14.2. The molecule has 2 aromatic rings. The fourth-order valence-corrected chi connectivity index (χ4v) is 9.60. The van der Waals surface area contributed by atoms with Crippen molar-refractivity contribution in [2.75, 3.05) is 46.4 Å². The summed E-state index contributed by atoms with van der Waals surface area (Å²) in [5.41, 5.74) is 8.50. The highest BCUT2D eigenvalue weighted by molar-refractivity contribution is 7.66. The smallest absolute Gasteiger partial charge is 0.387 e. The number of nitrogens with two attached hydrogens (primary N) is 2. The summed E-state index contributed by atoms with van der Waals surface area (Å²) in [5.74, 6) is -0.282. The van der Waals surface area contributed by atoms with Gasteiger partial charge in [0.1, 0.15) is 42.0 Å². The van der Waals surface area contributed by atoms with Crippen LogP contribution in [0.3, 0.4) is 0 Å². The molecule has 13 N–H and O–H groups in total. The number of phosphoric ester groups is 2. The van der Waals surface area contributed by atoms with Gasteiger partial charge in [0.2, 0.25) is 5.95 Å². The average molecular weight is 820 g/mol. The lowest BCUT2D eigenvalue weighted by Gasteiger charge is -2.40. The van der Waals surface area contributed by atoms with Crippen molar-refractivity contribution < 1.29 is 80.7 Å². The number of guanidine groups is 1. The van der Waals surface area contributed by atoms with Crippen molar-refractivity contribution in [1.29, 1.82) is 0 Å². The third kappa shape index (κ3) is 7.73. The monoisotopic (exact) mass is 820 g/mol. The summed E-state index contributed by atoms with van der Waals surface area (Å²) >= 11 is 0. The number of fused-ring (bicyclic) bond motifs is 1. The molecule has 0 aliphatic carbocycles. The van der Waals surface area contributed by atoms with Gasteiger partial charge in [0.25, 0.3) is 5.56 Å². The van der Waals surface area contributed by atoms with Crippen LogP contribution in [0.2, 0.25) is 0 Å². The number of nitrogens with zero attached hydrogens (tertiary/aromatic N) is 6. The molecule has 53 heavy (non-hydrogen) atoms. The zero-order valence-corrected chi connectivity index (χ0v) is 29.9. The van der Waals surface area contributed by atoms with E-state index in [4.69, 9.17) is 30.2 Å². The van der Waals surface area contributed by atoms with E-state index in [1.807, 2.05) is 0 Å². The molecular weight excluding hydrogens is 785 g/mol. The predicted octanol–water partition coefficient (Wildman–Crippen LogP) is -4.60. The number of aliphatic hydroxyl groups excluding tert-OH is 3. The van der Waals surface area contributed by atoms with Gasteiger partial charge in [-0.05, 0) is 0 Å². The molecule has 0 bridgehead atoms. The van der Waals surface area contributed by atoms with Crippen molar-refractivity contribution in [2.45, 2.75) is 48.7 Å². The van der Waals surface area contributed by atoms with E-state index in [0.717, 1.165) is 10.9 Å². The molecule has 2 aromatic heterocycles. The van der Waals surface area contributed by atoms with E-state index in [9.17, 15) is 53.6 Å². The van der Waals surface area contributed by atoms with Crippen LogP contribution in [0.1, 0.15) is 6.23 Å². The Balaban J connectivity index is 1.04. The minimum atomic E-state index is -5.96. The van der Waals surface area contributed by atoms with Crippen LogP contribution in [0.4, 0.5) is 5.95 Å². The summed E-state index contributed by atoms with van der Waals surface area (Å²) in [6.07, 6.45) is -9.61. The van der Waals surface area contributed by atoms with Crippen LogP contribution in [0.25, 0.3) is 11.2 Å². The van der Waals surface area contributed by atoms with Gasteiger partial charge in [-0.25, -0.2) is 23.7 Å². The van der Waals surface area contributed by atoms with Gasteiger partial charge in [-0.15, -0.1) is 0 Å². The number of H-pyrrole nitrogens is 1. The molecule has 2 fully saturated rings. The minimum absolute atomic E-state index is 0.0230. The van der Waals surface area contributed by atoms with Crippen LogP contribution in [0, 0.1) is 0 Å². The normalized spacial score (nSPS) is 33.8. The van der Waals surface area contributed by atoms with Gasteiger partial charge in [-0.1, -0.05) is 0 Å². The number of aromatic nitrogens is 4. The maximum Gasteiger partial charge on any atom is 0.490 e. The summed E-state index contributed by atoms with van der Waals surface area (Å²) in [5, 5.41) is 45.7. The largest absolute Gasteiger partial charge is 0.490 e. The number of rotatable bonds is 13. The number of aliphatic hydroxyl groups is 4. The molecule has 0 saturated carbocycles. The average Bonchev–Trinajstić information content (AvgIpc) is 3.77. The Bertz CT molecular complexity index is 2010. The van der Waals surface area contributed by atoms with E-state index < -0.39 is 97.5 Å². The van der Waals surface area contributed by atoms with Crippen molar-refractivity contribution in [1.82, 2.24) is 34.6 Å². The maximum absolute atomic E-state index is 12.6. The number of anilines is 1. The number of aromatic amines is 1. The molecule has 6 unspecified atom stereocenters. The molecule has 296 valence electrons. The van der Waals surface area contributed by atoms with Crippen LogP contribution in [-0.2, 0) is 45.6 Å². The molecule has 0 radical (unpaired) electrons. The number of ether oxygens (including phenoxy) is 3. The first kappa shape index (κ1) is 39.6. The molecule has 0 amide bonds. The van der Waals surface area contributed by atoms with Gasteiger partial charge in [0.15, 0.2) is 35.3 Å². The first-order chi connectivity index (χ1) is 24.6. The van der Waals surface area contributed by atoms with Gasteiger partial charge in [0.05, 0.1) is 32.8 Å². The van der Waals surface area contributed by atoms with Crippen molar-refractivity contribution >= 4 is 46.5 Å². The second-order valence-electron chi connectivity index (χ2n) is 11.9. The lowest BCUT2D eigenvalue weighted by atomic mass is 10.0. The summed E-state index contributed by atoms with van der Waals surface area (Å²) < 4.78 is 72.8. The minimum Gasteiger partial charge on any atom is -0.387 e. The number of nitrogens with one attached hydrogen (secondary N) is 2. The quantitative estimate of drug-likeness (QED) is 0.0847.